The van der Waals surface area contributed by atoms with Crippen LogP contribution in [0, 0.1) is 0 Å². The minimum Gasteiger partial charge on any atom is -0.343 e. The molecule has 0 radical (unpaired) electrons. The summed E-state index contributed by atoms with van der Waals surface area (Å²) in [5, 5.41) is 0. The Kier molecular flexibility index (Phi) is 6.03. The number of thioether (sulfide) groups is 1. The molecule has 1 aromatic carbocycles. The molecule has 2 nitrogen and oxygen atoms in total. The van der Waals surface area contributed by atoms with E-state index >= 15 is 0 Å². The van der Waals surface area contributed by atoms with Crippen LogP contribution in [0.3, 0.4) is 0 Å². The third kappa shape index (κ3) is 4.12. The molecule has 0 bridgehead atoms. The molecule has 0 aliphatic carbocycles. The molecule has 6 heteroatoms. The number of benzene rings is 1. The van der Waals surface area contributed by atoms with E-state index in [1.165, 1.54) is 23.4 Å². The Balaban J connectivity index is 1.88. The summed E-state index contributed by atoms with van der Waals surface area (Å²) >= 11 is 1.87. The second-order valence-electron chi connectivity index (χ2n) is 6.60. The van der Waals surface area contributed by atoms with Crippen molar-refractivity contribution >= 4 is 11.8 Å². The largest absolute Gasteiger partial charge is 0.416 e. The van der Waals surface area contributed by atoms with Gasteiger partial charge < -0.3 is 9.47 Å². The number of aromatic nitrogens is 1. The van der Waals surface area contributed by atoms with Crippen LogP contribution in [0.25, 0.3) is 11.3 Å². The maximum absolute atomic E-state index is 13.1. The van der Waals surface area contributed by atoms with Gasteiger partial charge in [-0.3, -0.25) is 0 Å². The van der Waals surface area contributed by atoms with Crippen LogP contribution >= 0.6 is 11.8 Å². The van der Waals surface area contributed by atoms with Crippen LogP contribution in [0.2, 0.25) is 0 Å². The molecule has 0 atom stereocenters. The summed E-state index contributed by atoms with van der Waals surface area (Å²) in [6.45, 7) is 8.21. The number of hydrogen-bond donors (Lipinski definition) is 0. The van der Waals surface area contributed by atoms with Crippen LogP contribution < -0.4 is 0 Å². The standard InChI is InChI=1S/C20H25F3N2S/c1-3-24(4-2)9-6-10-25-18(12-16-13-26-14-19(16)25)15-7-5-8-17(11-15)20(21,22)23/h5,7-8,11-12H,3-4,6,9-10,13-14H2,1-2H3. The van der Waals surface area contributed by atoms with Gasteiger partial charge in [0.05, 0.1) is 5.56 Å². The van der Waals surface area contributed by atoms with E-state index in [-0.39, 0.29) is 0 Å². The van der Waals surface area contributed by atoms with Crippen molar-refractivity contribution in [3.05, 3.63) is 47.2 Å². The van der Waals surface area contributed by atoms with Gasteiger partial charge >= 0.3 is 6.18 Å². The monoisotopic (exact) mass is 382 g/mol. The lowest BCUT2D eigenvalue weighted by molar-refractivity contribution is -0.137. The Bertz CT molecular complexity index is 748. The molecule has 2 heterocycles. The van der Waals surface area contributed by atoms with Crippen LogP contribution in [0.4, 0.5) is 13.2 Å². The number of rotatable bonds is 7. The minimum atomic E-state index is -4.31. The van der Waals surface area contributed by atoms with Gasteiger partial charge in [0.25, 0.3) is 0 Å². The maximum atomic E-state index is 13.1. The highest BCUT2D eigenvalue weighted by Crippen LogP contribution is 2.38. The summed E-state index contributed by atoms with van der Waals surface area (Å²) in [4.78, 5) is 2.38. The summed E-state index contributed by atoms with van der Waals surface area (Å²) in [7, 11) is 0. The number of nitrogens with zero attached hydrogens (tertiary/aromatic N) is 2. The van der Waals surface area contributed by atoms with E-state index in [1.54, 1.807) is 6.07 Å². The second-order valence-corrected chi connectivity index (χ2v) is 7.59. The van der Waals surface area contributed by atoms with Gasteiger partial charge in [-0.15, -0.1) is 0 Å². The predicted molar refractivity (Wildman–Crippen MR) is 102 cm³/mol. The molecule has 1 aliphatic rings. The van der Waals surface area contributed by atoms with Gasteiger partial charge in [0.15, 0.2) is 0 Å². The Hall–Kier alpha value is -1.40. The normalized spacial score (nSPS) is 14.2. The van der Waals surface area contributed by atoms with Crippen LogP contribution in [0.15, 0.2) is 30.3 Å². The topological polar surface area (TPSA) is 8.17 Å². The molecular formula is C20H25F3N2S. The van der Waals surface area contributed by atoms with Crippen LogP contribution in [0.5, 0.6) is 0 Å². The molecule has 0 spiro atoms. The fraction of sp³-hybridized carbons (Fsp3) is 0.500. The Morgan fingerprint density at radius 3 is 2.58 bits per heavy atom. The van der Waals surface area contributed by atoms with Gasteiger partial charge in [0, 0.05) is 29.4 Å². The fourth-order valence-corrected chi connectivity index (χ4v) is 4.65. The van der Waals surface area contributed by atoms with E-state index in [0.29, 0.717) is 5.56 Å². The van der Waals surface area contributed by atoms with Gasteiger partial charge in [0.1, 0.15) is 0 Å². The molecule has 1 aliphatic heterocycles. The first kappa shape index (κ1) is 19.4. The highest BCUT2D eigenvalue weighted by Gasteiger charge is 2.31. The average Bonchev–Trinajstić information content (AvgIpc) is 3.20. The minimum absolute atomic E-state index is 0.583. The third-order valence-electron chi connectivity index (χ3n) is 5.03. The molecule has 0 amide bonds. The summed E-state index contributed by atoms with van der Waals surface area (Å²) < 4.78 is 41.5. The summed E-state index contributed by atoms with van der Waals surface area (Å²) in [6, 6.07) is 7.79. The summed E-state index contributed by atoms with van der Waals surface area (Å²) in [5.74, 6) is 1.89. The first-order valence-corrected chi connectivity index (χ1v) is 10.3. The van der Waals surface area contributed by atoms with E-state index < -0.39 is 11.7 Å². The highest BCUT2D eigenvalue weighted by molar-refractivity contribution is 7.98. The van der Waals surface area contributed by atoms with Crippen LogP contribution in [0.1, 0.15) is 37.1 Å². The van der Waals surface area contributed by atoms with Gasteiger partial charge in [-0.2, -0.15) is 24.9 Å². The van der Waals surface area contributed by atoms with Crippen molar-refractivity contribution in [2.75, 3.05) is 19.6 Å². The van der Waals surface area contributed by atoms with Gasteiger partial charge in [-0.1, -0.05) is 26.0 Å². The smallest absolute Gasteiger partial charge is 0.343 e. The quantitative estimate of drug-likeness (QED) is 0.611. The number of hydrogen-bond acceptors (Lipinski definition) is 2. The molecule has 0 unspecified atom stereocenters. The lowest BCUT2D eigenvalue weighted by Crippen LogP contribution is -2.25. The molecule has 0 N–H and O–H groups in total. The molecule has 2 aromatic rings. The highest BCUT2D eigenvalue weighted by atomic mass is 32.2. The third-order valence-corrected chi connectivity index (χ3v) is 6.02. The predicted octanol–water partition coefficient (Wildman–Crippen LogP) is 5.65. The Morgan fingerprint density at radius 2 is 1.88 bits per heavy atom. The first-order valence-electron chi connectivity index (χ1n) is 9.13. The fourth-order valence-electron chi connectivity index (χ4n) is 3.54. The van der Waals surface area contributed by atoms with E-state index in [0.717, 1.165) is 55.9 Å². The molecule has 0 saturated heterocycles. The Morgan fingerprint density at radius 1 is 1.12 bits per heavy atom. The van der Waals surface area contributed by atoms with Gasteiger partial charge in [0.2, 0.25) is 0 Å². The molecule has 142 valence electrons. The van der Waals surface area contributed by atoms with E-state index in [4.69, 9.17) is 0 Å². The zero-order chi connectivity index (χ0) is 18.7. The zero-order valence-electron chi connectivity index (χ0n) is 15.3. The number of halogens is 3. The summed E-state index contributed by atoms with van der Waals surface area (Å²) in [5.41, 5.74) is 3.54. The van der Waals surface area contributed by atoms with Crippen molar-refractivity contribution in [2.45, 2.75) is 44.5 Å². The lowest BCUT2D eigenvalue weighted by Gasteiger charge is -2.19. The number of alkyl halides is 3. The lowest BCUT2D eigenvalue weighted by atomic mass is 10.1. The molecule has 26 heavy (non-hydrogen) atoms. The molecule has 0 fully saturated rings. The van der Waals surface area contributed by atoms with Crippen molar-refractivity contribution in [2.24, 2.45) is 0 Å². The molecular weight excluding hydrogens is 357 g/mol. The Labute approximate surface area is 157 Å². The molecule has 1 aromatic heterocycles. The van der Waals surface area contributed by atoms with Crippen molar-refractivity contribution in [1.82, 2.24) is 9.47 Å². The maximum Gasteiger partial charge on any atom is 0.416 e. The van der Waals surface area contributed by atoms with E-state index in [9.17, 15) is 13.2 Å². The van der Waals surface area contributed by atoms with Crippen molar-refractivity contribution in [3.8, 4) is 11.3 Å². The average molecular weight is 382 g/mol. The first-order chi connectivity index (χ1) is 12.4. The number of fused-ring (bicyclic) bond motifs is 1. The van der Waals surface area contributed by atoms with Crippen molar-refractivity contribution < 1.29 is 13.2 Å². The van der Waals surface area contributed by atoms with E-state index in [2.05, 4.69) is 29.4 Å². The molecule has 3 rings (SSSR count). The summed E-state index contributed by atoms with van der Waals surface area (Å²) in [6.07, 6.45) is -3.31. The van der Waals surface area contributed by atoms with Crippen molar-refractivity contribution in [1.29, 1.82) is 0 Å². The van der Waals surface area contributed by atoms with Crippen LogP contribution in [-0.2, 0) is 24.2 Å². The second kappa shape index (κ2) is 8.09. The van der Waals surface area contributed by atoms with Gasteiger partial charge in [-0.05, 0) is 55.4 Å². The molecule has 0 saturated carbocycles. The van der Waals surface area contributed by atoms with Crippen molar-refractivity contribution in [3.63, 3.8) is 0 Å². The van der Waals surface area contributed by atoms with E-state index in [1.807, 2.05) is 11.8 Å². The SMILES string of the molecule is CCN(CC)CCCn1c(-c2cccc(C(F)(F)F)c2)cc2c1CSC2. The van der Waals surface area contributed by atoms with Crippen LogP contribution in [-0.4, -0.2) is 29.1 Å². The zero-order valence-corrected chi connectivity index (χ0v) is 16.1. The van der Waals surface area contributed by atoms with Gasteiger partial charge in [-0.25, -0.2) is 0 Å².